The Labute approximate surface area is 123 Å². The molecule has 0 fully saturated rings. The predicted molar refractivity (Wildman–Crippen MR) is 93.3 cm³/mol. The van der Waals surface area contributed by atoms with Crippen LogP contribution in [0.2, 0.25) is 0 Å². The van der Waals surface area contributed by atoms with Crippen LogP contribution in [0.5, 0.6) is 0 Å². The van der Waals surface area contributed by atoms with E-state index in [0.29, 0.717) is 0 Å². The highest BCUT2D eigenvalue weighted by Gasteiger charge is 2.17. The van der Waals surface area contributed by atoms with Gasteiger partial charge in [-0.1, -0.05) is 6.92 Å². The molecule has 5 heteroatoms. The van der Waals surface area contributed by atoms with E-state index in [4.69, 9.17) is 0 Å². The largest absolute Gasteiger partial charge is 0.165 e. The summed E-state index contributed by atoms with van der Waals surface area (Å²) in [7, 11) is 0. The van der Waals surface area contributed by atoms with Crippen molar-refractivity contribution in [3.63, 3.8) is 0 Å². The molecule has 0 nitrogen and oxygen atoms in total. The van der Waals surface area contributed by atoms with Gasteiger partial charge in [-0.15, -0.1) is 0 Å². The predicted octanol–water partition coefficient (Wildman–Crippen LogP) is 4.30. The van der Waals surface area contributed by atoms with Gasteiger partial charge < -0.3 is 0 Å². The molecule has 0 aliphatic rings. The van der Waals surface area contributed by atoms with E-state index in [1.54, 1.807) is 0 Å². The second kappa shape index (κ2) is 13.2. The minimum atomic E-state index is 0.798. The molecule has 0 saturated carbocycles. The lowest BCUT2D eigenvalue weighted by molar-refractivity contribution is 0.938. The van der Waals surface area contributed by atoms with E-state index in [-0.39, 0.29) is 0 Å². The van der Waals surface area contributed by atoms with Crippen molar-refractivity contribution in [1.29, 1.82) is 0 Å². The Morgan fingerprint density at radius 2 is 1.31 bits per heavy atom. The fraction of sp³-hybridized carbons (Fsp3) is 1.00. The molecule has 0 heterocycles. The SMILES string of the molecule is CSCCSC(C)C(CSC)SCCSC. The molecule has 0 N–H and O–H groups in total. The van der Waals surface area contributed by atoms with Gasteiger partial charge in [-0.05, 0) is 18.8 Å². The normalized spacial score (nSPS) is 15.0. The van der Waals surface area contributed by atoms with Gasteiger partial charge in [0.05, 0.1) is 0 Å². The van der Waals surface area contributed by atoms with Crippen LogP contribution < -0.4 is 0 Å². The Balaban J connectivity index is 3.77. The molecule has 2 unspecified atom stereocenters. The van der Waals surface area contributed by atoms with Gasteiger partial charge in [-0.2, -0.15) is 58.8 Å². The fourth-order valence-electron chi connectivity index (χ4n) is 1.19. The molecule has 16 heavy (non-hydrogen) atoms. The van der Waals surface area contributed by atoms with Crippen molar-refractivity contribution in [3.05, 3.63) is 0 Å². The van der Waals surface area contributed by atoms with Crippen LogP contribution in [-0.2, 0) is 0 Å². The molecule has 0 aromatic rings. The third-order valence-corrected chi connectivity index (χ3v) is 7.70. The summed E-state index contributed by atoms with van der Waals surface area (Å²) in [5, 5.41) is 1.63. The van der Waals surface area contributed by atoms with E-state index in [1.807, 2.05) is 35.3 Å². The summed E-state index contributed by atoms with van der Waals surface area (Å²) >= 11 is 10.2. The van der Waals surface area contributed by atoms with Crippen LogP contribution in [0.4, 0.5) is 0 Å². The maximum absolute atomic E-state index is 2.40. The molecular weight excluding hydrogens is 292 g/mol. The highest BCUT2D eigenvalue weighted by molar-refractivity contribution is 8.06. The van der Waals surface area contributed by atoms with Gasteiger partial charge in [-0.25, -0.2) is 0 Å². The lowest BCUT2D eigenvalue weighted by Crippen LogP contribution is -2.21. The van der Waals surface area contributed by atoms with Crippen LogP contribution in [0.3, 0.4) is 0 Å². The zero-order valence-corrected chi connectivity index (χ0v) is 14.8. The second-order valence-electron chi connectivity index (χ2n) is 3.43. The maximum Gasteiger partial charge on any atom is 0.0254 e. The molecule has 0 rings (SSSR count). The van der Waals surface area contributed by atoms with Crippen LogP contribution in [-0.4, -0.2) is 58.0 Å². The molecule has 0 spiro atoms. The zero-order chi connectivity index (χ0) is 12.2. The van der Waals surface area contributed by atoms with Crippen molar-refractivity contribution in [3.8, 4) is 0 Å². The molecule has 0 aromatic carbocycles. The molecule has 98 valence electrons. The van der Waals surface area contributed by atoms with Crippen molar-refractivity contribution in [2.75, 3.05) is 47.5 Å². The summed E-state index contributed by atoms with van der Waals surface area (Å²) in [5.41, 5.74) is 0. The van der Waals surface area contributed by atoms with E-state index >= 15 is 0 Å². The standard InChI is InChI=1S/C11H24S5/c1-10(15-7-5-12-2)11(9-14-4)16-8-6-13-3/h10-11H,5-9H2,1-4H3. The van der Waals surface area contributed by atoms with Crippen LogP contribution in [0.25, 0.3) is 0 Å². The lowest BCUT2D eigenvalue weighted by atomic mass is 10.4. The summed E-state index contributed by atoms with van der Waals surface area (Å²) in [6, 6.07) is 0. The Kier molecular flexibility index (Phi) is 14.6. The van der Waals surface area contributed by atoms with Crippen molar-refractivity contribution < 1.29 is 0 Å². The number of rotatable bonds is 11. The first-order chi connectivity index (χ1) is 7.76. The van der Waals surface area contributed by atoms with Gasteiger partial charge >= 0.3 is 0 Å². The number of hydrogen-bond donors (Lipinski definition) is 0. The molecule has 0 radical (unpaired) electrons. The second-order valence-corrected chi connectivity index (χ2v) is 9.14. The fourth-order valence-corrected chi connectivity index (χ4v) is 6.55. The van der Waals surface area contributed by atoms with Crippen LogP contribution >= 0.6 is 58.8 Å². The van der Waals surface area contributed by atoms with Crippen molar-refractivity contribution in [2.45, 2.75) is 17.4 Å². The average Bonchev–Trinajstić information content (AvgIpc) is 2.28. The van der Waals surface area contributed by atoms with Gasteiger partial charge in [0.2, 0.25) is 0 Å². The summed E-state index contributed by atoms with van der Waals surface area (Å²) in [6.45, 7) is 2.40. The minimum absolute atomic E-state index is 0.798. The Morgan fingerprint density at radius 1 is 0.750 bits per heavy atom. The third-order valence-electron chi connectivity index (χ3n) is 2.14. The lowest BCUT2D eigenvalue weighted by Gasteiger charge is -2.22. The van der Waals surface area contributed by atoms with Crippen molar-refractivity contribution in [2.24, 2.45) is 0 Å². The average molecular weight is 317 g/mol. The van der Waals surface area contributed by atoms with Gasteiger partial charge in [0.1, 0.15) is 0 Å². The summed E-state index contributed by atoms with van der Waals surface area (Å²) < 4.78 is 0. The van der Waals surface area contributed by atoms with Crippen molar-refractivity contribution in [1.82, 2.24) is 0 Å². The first-order valence-electron chi connectivity index (χ1n) is 5.46. The molecule has 0 saturated heterocycles. The van der Waals surface area contributed by atoms with Crippen LogP contribution in [0.15, 0.2) is 0 Å². The molecule has 2 atom stereocenters. The summed E-state index contributed by atoms with van der Waals surface area (Å²) in [6.07, 6.45) is 6.61. The molecule has 0 aliphatic carbocycles. The third kappa shape index (κ3) is 9.75. The maximum atomic E-state index is 2.40. The topological polar surface area (TPSA) is 0 Å². The number of thioether (sulfide) groups is 5. The molecule has 0 aromatic heterocycles. The van der Waals surface area contributed by atoms with Crippen LogP contribution in [0.1, 0.15) is 6.92 Å². The van der Waals surface area contributed by atoms with E-state index in [9.17, 15) is 0 Å². The van der Waals surface area contributed by atoms with E-state index in [0.717, 1.165) is 10.5 Å². The Bertz CT molecular complexity index is 142. The monoisotopic (exact) mass is 316 g/mol. The Hall–Kier alpha value is 1.75. The minimum Gasteiger partial charge on any atom is -0.165 e. The van der Waals surface area contributed by atoms with E-state index in [2.05, 4.69) is 49.2 Å². The summed E-state index contributed by atoms with van der Waals surface area (Å²) in [5.74, 6) is 6.48. The van der Waals surface area contributed by atoms with Gasteiger partial charge in [0, 0.05) is 39.3 Å². The first kappa shape index (κ1) is 17.8. The van der Waals surface area contributed by atoms with Crippen LogP contribution in [0, 0.1) is 0 Å². The smallest absolute Gasteiger partial charge is 0.0254 e. The first-order valence-corrected chi connectivity index (χ1v) is 11.7. The highest BCUT2D eigenvalue weighted by atomic mass is 32.2. The quantitative estimate of drug-likeness (QED) is 0.520. The molecule has 0 bridgehead atoms. The molecule has 0 amide bonds. The van der Waals surface area contributed by atoms with Gasteiger partial charge in [0.25, 0.3) is 0 Å². The molecule has 0 aliphatic heterocycles. The summed E-state index contributed by atoms with van der Waals surface area (Å²) in [4.78, 5) is 0. The molecular formula is C11H24S5. The van der Waals surface area contributed by atoms with E-state index < -0.39 is 0 Å². The van der Waals surface area contributed by atoms with Gasteiger partial charge in [0.15, 0.2) is 0 Å². The highest BCUT2D eigenvalue weighted by Crippen LogP contribution is 2.27. The number of hydrogen-bond acceptors (Lipinski definition) is 5. The Morgan fingerprint density at radius 3 is 1.81 bits per heavy atom. The van der Waals surface area contributed by atoms with Gasteiger partial charge in [-0.3, -0.25) is 0 Å². The van der Waals surface area contributed by atoms with Crippen molar-refractivity contribution >= 4 is 58.8 Å². The van der Waals surface area contributed by atoms with E-state index in [1.165, 1.54) is 28.8 Å². The zero-order valence-electron chi connectivity index (χ0n) is 10.7.